The van der Waals surface area contributed by atoms with Crippen LogP contribution in [0.4, 0.5) is 11.6 Å². The van der Waals surface area contributed by atoms with Gasteiger partial charge < -0.3 is 5.32 Å². The lowest BCUT2D eigenvalue weighted by atomic mass is 10.2. The van der Waals surface area contributed by atoms with Gasteiger partial charge in [0.2, 0.25) is 0 Å². The summed E-state index contributed by atoms with van der Waals surface area (Å²) in [6.45, 7) is 0.346. The molecule has 0 saturated heterocycles. The second-order valence-electron chi connectivity index (χ2n) is 6.42. The van der Waals surface area contributed by atoms with Gasteiger partial charge in [-0.1, -0.05) is 59.6 Å². The molecule has 0 fully saturated rings. The van der Waals surface area contributed by atoms with Gasteiger partial charge in [0.25, 0.3) is 10.0 Å². The summed E-state index contributed by atoms with van der Waals surface area (Å²) in [7, 11) is -3.92. The second-order valence-corrected chi connectivity index (χ2v) is 8.94. The Bertz CT molecular complexity index is 1330. The number of nitrogens with one attached hydrogen (secondary N) is 2. The van der Waals surface area contributed by atoms with Gasteiger partial charge in [-0.25, -0.2) is 18.4 Å². The number of sulfonamides is 1. The Hall–Kier alpha value is -2.87. The third kappa shape index (κ3) is 4.48. The third-order valence-electron chi connectivity index (χ3n) is 4.31. The van der Waals surface area contributed by atoms with Crippen LogP contribution in [0.1, 0.15) is 5.56 Å². The third-order valence-corrected chi connectivity index (χ3v) is 6.25. The molecule has 0 amide bonds. The molecular weight excluding hydrogens is 443 g/mol. The topological polar surface area (TPSA) is 84.0 Å². The van der Waals surface area contributed by atoms with Crippen molar-refractivity contribution < 1.29 is 8.42 Å². The molecule has 30 heavy (non-hydrogen) atoms. The highest BCUT2D eigenvalue weighted by Gasteiger charge is 2.19. The Morgan fingerprint density at radius 1 is 0.800 bits per heavy atom. The molecule has 0 unspecified atom stereocenters. The zero-order chi connectivity index (χ0) is 21.1. The molecule has 4 rings (SSSR count). The summed E-state index contributed by atoms with van der Waals surface area (Å²) < 4.78 is 28.3. The minimum atomic E-state index is -3.92. The molecule has 1 aromatic heterocycles. The fraction of sp³-hybridized carbons (Fsp3) is 0.0476. The van der Waals surface area contributed by atoms with Crippen molar-refractivity contribution in [3.8, 4) is 0 Å². The maximum absolute atomic E-state index is 12.9. The van der Waals surface area contributed by atoms with Crippen LogP contribution in [0.2, 0.25) is 10.0 Å². The number of fused-ring (bicyclic) bond motifs is 1. The molecule has 3 aromatic carbocycles. The van der Waals surface area contributed by atoms with Crippen molar-refractivity contribution in [2.24, 2.45) is 0 Å². The Kier molecular flexibility index (Phi) is 5.76. The summed E-state index contributed by atoms with van der Waals surface area (Å²) in [5.41, 5.74) is 2.03. The SMILES string of the molecule is O=S(=O)(Nc1nc2ccccc2nc1NCc1ccccc1Cl)c1cccc(Cl)c1. The highest BCUT2D eigenvalue weighted by molar-refractivity contribution is 7.92. The number of aromatic nitrogens is 2. The van der Waals surface area contributed by atoms with E-state index in [0.717, 1.165) is 5.56 Å². The van der Waals surface area contributed by atoms with Crippen molar-refractivity contribution in [3.05, 3.63) is 88.4 Å². The van der Waals surface area contributed by atoms with E-state index in [-0.39, 0.29) is 10.7 Å². The molecule has 9 heteroatoms. The predicted octanol–water partition coefficient (Wildman–Crippen LogP) is 5.35. The molecule has 2 N–H and O–H groups in total. The number of benzene rings is 3. The normalized spacial score (nSPS) is 11.4. The van der Waals surface area contributed by atoms with Gasteiger partial charge in [0.1, 0.15) is 0 Å². The largest absolute Gasteiger partial charge is 0.363 e. The van der Waals surface area contributed by atoms with Crippen molar-refractivity contribution in [3.63, 3.8) is 0 Å². The van der Waals surface area contributed by atoms with Crippen molar-refractivity contribution in [1.82, 2.24) is 9.97 Å². The van der Waals surface area contributed by atoms with E-state index in [0.29, 0.717) is 33.4 Å². The van der Waals surface area contributed by atoms with Crippen LogP contribution in [0.15, 0.2) is 77.7 Å². The summed E-state index contributed by atoms with van der Waals surface area (Å²) in [5, 5.41) is 4.05. The monoisotopic (exact) mass is 458 g/mol. The van der Waals surface area contributed by atoms with Gasteiger partial charge >= 0.3 is 0 Å². The van der Waals surface area contributed by atoms with Crippen LogP contribution in [0.25, 0.3) is 11.0 Å². The number of halogens is 2. The molecule has 1 heterocycles. The number of hydrogen-bond acceptors (Lipinski definition) is 5. The molecule has 0 bridgehead atoms. The molecular formula is C21H16Cl2N4O2S. The molecule has 6 nitrogen and oxygen atoms in total. The highest BCUT2D eigenvalue weighted by Crippen LogP contribution is 2.26. The molecule has 0 atom stereocenters. The van der Waals surface area contributed by atoms with Crippen LogP contribution in [-0.2, 0) is 16.6 Å². The van der Waals surface area contributed by atoms with E-state index in [9.17, 15) is 8.42 Å². The zero-order valence-electron chi connectivity index (χ0n) is 15.5. The van der Waals surface area contributed by atoms with E-state index in [1.807, 2.05) is 30.3 Å². The highest BCUT2D eigenvalue weighted by atomic mass is 35.5. The average molecular weight is 459 g/mol. The first-order chi connectivity index (χ1) is 14.4. The van der Waals surface area contributed by atoms with Gasteiger partial charge in [0, 0.05) is 16.6 Å². The lowest BCUT2D eigenvalue weighted by molar-refractivity contribution is 0.601. The number of para-hydroxylation sites is 2. The smallest absolute Gasteiger partial charge is 0.263 e. The lowest BCUT2D eigenvalue weighted by Crippen LogP contribution is -2.16. The van der Waals surface area contributed by atoms with E-state index in [2.05, 4.69) is 20.0 Å². The van der Waals surface area contributed by atoms with Crippen LogP contribution in [0.3, 0.4) is 0 Å². The van der Waals surface area contributed by atoms with Gasteiger partial charge in [-0.15, -0.1) is 0 Å². The first-order valence-electron chi connectivity index (χ1n) is 8.95. The van der Waals surface area contributed by atoms with E-state index in [1.165, 1.54) is 12.1 Å². The summed E-state index contributed by atoms with van der Waals surface area (Å²) in [5.74, 6) is 0.375. The van der Waals surface area contributed by atoms with Crippen LogP contribution in [0, 0.1) is 0 Å². The summed E-state index contributed by atoms with van der Waals surface area (Å²) >= 11 is 12.2. The predicted molar refractivity (Wildman–Crippen MR) is 121 cm³/mol. The average Bonchev–Trinajstić information content (AvgIpc) is 2.73. The van der Waals surface area contributed by atoms with Crippen molar-refractivity contribution >= 4 is 55.9 Å². The van der Waals surface area contributed by atoms with E-state index >= 15 is 0 Å². The Morgan fingerprint density at radius 2 is 1.47 bits per heavy atom. The zero-order valence-corrected chi connectivity index (χ0v) is 17.8. The van der Waals surface area contributed by atoms with Gasteiger partial charge in [0.05, 0.1) is 15.9 Å². The Morgan fingerprint density at radius 3 is 2.17 bits per heavy atom. The first-order valence-corrected chi connectivity index (χ1v) is 11.2. The van der Waals surface area contributed by atoms with Crippen LogP contribution in [0.5, 0.6) is 0 Å². The van der Waals surface area contributed by atoms with Crippen molar-refractivity contribution in [2.45, 2.75) is 11.4 Å². The van der Waals surface area contributed by atoms with Crippen molar-refractivity contribution in [2.75, 3.05) is 10.0 Å². The van der Waals surface area contributed by atoms with Gasteiger partial charge in [0.15, 0.2) is 11.6 Å². The summed E-state index contributed by atoms with van der Waals surface area (Å²) in [4.78, 5) is 9.04. The van der Waals surface area contributed by atoms with Gasteiger partial charge in [-0.3, -0.25) is 4.72 Å². The molecule has 0 radical (unpaired) electrons. The lowest BCUT2D eigenvalue weighted by Gasteiger charge is -2.14. The Balaban J connectivity index is 1.72. The standard InChI is InChI=1S/C21H16Cl2N4O2S/c22-15-7-5-8-16(12-15)30(28,29)27-21-20(24-13-14-6-1-2-9-17(14)23)25-18-10-3-4-11-19(18)26-21/h1-12H,13H2,(H,24,25)(H,26,27). The molecule has 0 spiro atoms. The van der Waals surface area contributed by atoms with Crippen LogP contribution >= 0.6 is 23.2 Å². The number of hydrogen-bond donors (Lipinski definition) is 2. The number of rotatable bonds is 6. The Labute approximate surface area is 183 Å². The maximum atomic E-state index is 12.9. The molecule has 152 valence electrons. The van der Waals surface area contributed by atoms with E-state index < -0.39 is 10.0 Å². The van der Waals surface area contributed by atoms with Gasteiger partial charge in [-0.05, 0) is 42.0 Å². The fourth-order valence-electron chi connectivity index (χ4n) is 2.84. The minimum absolute atomic E-state index is 0.0296. The molecule has 0 aliphatic carbocycles. The molecule has 0 saturated carbocycles. The van der Waals surface area contributed by atoms with Crippen LogP contribution < -0.4 is 10.0 Å². The fourth-order valence-corrected chi connectivity index (χ4v) is 4.35. The van der Waals surface area contributed by atoms with E-state index in [1.54, 1.807) is 30.3 Å². The van der Waals surface area contributed by atoms with Crippen LogP contribution in [-0.4, -0.2) is 18.4 Å². The first kappa shape index (κ1) is 20.4. The molecule has 4 aromatic rings. The quantitative estimate of drug-likeness (QED) is 0.406. The van der Waals surface area contributed by atoms with Crippen molar-refractivity contribution in [1.29, 1.82) is 0 Å². The van der Waals surface area contributed by atoms with Gasteiger partial charge in [-0.2, -0.15) is 0 Å². The number of nitrogens with zero attached hydrogens (tertiary/aromatic N) is 2. The number of anilines is 2. The molecule has 0 aliphatic rings. The minimum Gasteiger partial charge on any atom is -0.363 e. The maximum Gasteiger partial charge on any atom is 0.263 e. The summed E-state index contributed by atoms with van der Waals surface area (Å²) in [6.07, 6.45) is 0. The molecule has 0 aliphatic heterocycles. The summed E-state index contributed by atoms with van der Waals surface area (Å²) in [6, 6.07) is 20.6. The second kappa shape index (κ2) is 8.47. The van der Waals surface area contributed by atoms with E-state index in [4.69, 9.17) is 23.2 Å².